The Morgan fingerprint density at radius 1 is 1.00 bits per heavy atom. The molecule has 29 heavy (non-hydrogen) atoms. The summed E-state index contributed by atoms with van der Waals surface area (Å²) in [5.41, 5.74) is 4.60. The topological polar surface area (TPSA) is 80.0 Å². The lowest BCUT2D eigenvalue weighted by Gasteiger charge is -2.22. The summed E-state index contributed by atoms with van der Waals surface area (Å²) in [6.45, 7) is 9.32. The smallest absolute Gasteiger partial charge is 0.265 e. The molecule has 0 aromatic carbocycles. The highest BCUT2D eigenvalue weighted by Gasteiger charge is 2.42. The van der Waals surface area contributed by atoms with Gasteiger partial charge in [0, 0.05) is 49.8 Å². The molecule has 2 unspecified atom stereocenters. The minimum absolute atomic E-state index is 0.125. The molecule has 0 bridgehead atoms. The Bertz CT molecular complexity index is 1060. The molecular weight excluding hydrogens is 386 g/mol. The summed E-state index contributed by atoms with van der Waals surface area (Å²) < 4.78 is 1.86. The third-order valence-corrected chi connectivity index (χ3v) is 6.82. The standard InChI is InChI=1S/C20H23N7OS/c1-12-4-13(2)27(24-12)18-5-17(21-10-22-18)25-6-15-8-26(9-16(15)7-25)20(28)19-14(3)23-11-29-19/h4-5,10-11,15-16H,6-9H2,1-3H3. The summed E-state index contributed by atoms with van der Waals surface area (Å²) in [6.07, 6.45) is 1.61. The van der Waals surface area contributed by atoms with Gasteiger partial charge < -0.3 is 9.80 Å². The molecule has 150 valence electrons. The van der Waals surface area contributed by atoms with Crippen LogP contribution in [0.4, 0.5) is 5.82 Å². The first-order chi connectivity index (χ1) is 14.0. The summed E-state index contributed by atoms with van der Waals surface area (Å²) >= 11 is 1.43. The normalized spacial score (nSPS) is 21.1. The second kappa shape index (κ2) is 6.91. The quantitative estimate of drug-likeness (QED) is 0.660. The predicted molar refractivity (Wildman–Crippen MR) is 111 cm³/mol. The molecule has 0 saturated carbocycles. The Balaban J connectivity index is 1.30. The van der Waals surface area contributed by atoms with Gasteiger partial charge in [0.05, 0.1) is 16.9 Å². The molecular formula is C20H23N7OS. The highest BCUT2D eigenvalue weighted by molar-refractivity contribution is 7.11. The van der Waals surface area contributed by atoms with E-state index in [1.54, 1.807) is 11.8 Å². The van der Waals surface area contributed by atoms with Crippen molar-refractivity contribution in [3.63, 3.8) is 0 Å². The zero-order valence-electron chi connectivity index (χ0n) is 16.7. The first kappa shape index (κ1) is 18.2. The first-order valence-electron chi connectivity index (χ1n) is 9.79. The van der Waals surface area contributed by atoms with E-state index in [-0.39, 0.29) is 5.91 Å². The molecule has 9 heteroatoms. The van der Waals surface area contributed by atoms with Gasteiger partial charge in [0.15, 0.2) is 5.82 Å². The lowest BCUT2D eigenvalue weighted by atomic mass is 10.0. The van der Waals surface area contributed by atoms with Crippen molar-refractivity contribution in [3.8, 4) is 5.82 Å². The number of hydrogen-bond donors (Lipinski definition) is 0. The maximum absolute atomic E-state index is 12.8. The maximum atomic E-state index is 12.8. The number of amides is 1. The Morgan fingerprint density at radius 2 is 1.72 bits per heavy atom. The van der Waals surface area contributed by atoms with E-state index in [1.807, 2.05) is 42.5 Å². The lowest BCUT2D eigenvalue weighted by Crippen LogP contribution is -2.33. The highest BCUT2D eigenvalue weighted by Crippen LogP contribution is 2.34. The largest absolute Gasteiger partial charge is 0.356 e. The molecule has 2 fully saturated rings. The van der Waals surface area contributed by atoms with Crippen molar-refractivity contribution in [2.24, 2.45) is 11.8 Å². The Hall–Kier alpha value is -2.81. The van der Waals surface area contributed by atoms with Crippen molar-refractivity contribution in [1.82, 2.24) is 29.6 Å². The van der Waals surface area contributed by atoms with Crippen LogP contribution in [0.2, 0.25) is 0 Å². The monoisotopic (exact) mass is 409 g/mol. The number of hydrogen-bond acceptors (Lipinski definition) is 7. The number of rotatable bonds is 3. The van der Waals surface area contributed by atoms with Crippen molar-refractivity contribution >= 4 is 23.1 Å². The van der Waals surface area contributed by atoms with Crippen molar-refractivity contribution in [2.75, 3.05) is 31.1 Å². The van der Waals surface area contributed by atoms with Crippen molar-refractivity contribution in [2.45, 2.75) is 20.8 Å². The Kier molecular flexibility index (Phi) is 4.34. The van der Waals surface area contributed by atoms with Gasteiger partial charge in [-0.1, -0.05) is 0 Å². The van der Waals surface area contributed by atoms with E-state index in [9.17, 15) is 4.79 Å². The van der Waals surface area contributed by atoms with Crippen LogP contribution in [-0.2, 0) is 0 Å². The van der Waals surface area contributed by atoms with E-state index < -0.39 is 0 Å². The predicted octanol–water partition coefficient (Wildman–Crippen LogP) is 2.25. The number of thiazole rings is 1. The van der Waals surface area contributed by atoms with Gasteiger partial charge in [-0.05, 0) is 26.8 Å². The molecule has 0 aliphatic carbocycles. The minimum atomic E-state index is 0.125. The SMILES string of the molecule is Cc1cc(C)n(-c2cc(N3CC4CN(C(=O)c5scnc5C)CC4C3)ncn2)n1. The second-order valence-electron chi connectivity index (χ2n) is 7.98. The maximum Gasteiger partial charge on any atom is 0.265 e. The van der Waals surface area contributed by atoms with Crippen LogP contribution in [0.5, 0.6) is 0 Å². The van der Waals surface area contributed by atoms with Crippen LogP contribution in [-0.4, -0.2) is 61.7 Å². The number of fused-ring (bicyclic) bond motifs is 1. The number of aromatic nitrogens is 5. The van der Waals surface area contributed by atoms with Crippen molar-refractivity contribution in [3.05, 3.63) is 45.9 Å². The van der Waals surface area contributed by atoms with Crippen LogP contribution in [0, 0.1) is 32.6 Å². The molecule has 2 saturated heterocycles. The fraction of sp³-hybridized carbons (Fsp3) is 0.450. The zero-order chi connectivity index (χ0) is 20.1. The fourth-order valence-corrected chi connectivity index (χ4v) is 5.25. The zero-order valence-corrected chi connectivity index (χ0v) is 17.6. The third-order valence-electron chi connectivity index (χ3n) is 5.90. The lowest BCUT2D eigenvalue weighted by molar-refractivity contribution is 0.0786. The fourth-order valence-electron chi connectivity index (χ4n) is 4.48. The summed E-state index contributed by atoms with van der Waals surface area (Å²) in [5.74, 6) is 2.78. The van der Waals surface area contributed by atoms with Crippen LogP contribution in [0.1, 0.15) is 26.8 Å². The van der Waals surface area contributed by atoms with Crippen LogP contribution in [0.3, 0.4) is 0 Å². The number of anilines is 1. The van der Waals surface area contributed by atoms with Gasteiger partial charge in [0.2, 0.25) is 0 Å². The van der Waals surface area contributed by atoms with E-state index in [2.05, 4.69) is 25.0 Å². The first-order valence-corrected chi connectivity index (χ1v) is 10.7. The molecule has 2 aliphatic rings. The molecule has 1 amide bonds. The van der Waals surface area contributed by atoms with Crippen LogP contribution in [0.15, 0.2) is 24.0 Å². The van der Waals surface area contributed by atoms with Gasteiger partial charge >= 0.3 is 0 Å². The summed E-state index contributed by atoms with van der Waals surface area (Å²) in [4.78, 5) is 31.0. The van der Waals surface area contributed by atoms with Gasteiger partial charge in [0.1, 0.15) is 17.0 Å². The van der Waals surface area contributed by atoms with Crippen LogP contribution < -0.4 is 4.90 Å². The summed E-state index contributed by atoms with van der Waals surface area (Å²) in [6, 6.07) is 4.04. The Morgan fingerprint density at radius 3 is 2.34 bits per heavy atom. The molecule has 5 rings (SSSR count). The molecule has 0 radical (unpaired) electrons. The molecule has 2 aliphatic heterocycles. The number of carbonyl (C=O) groups excluding carboxylic acids is 1. The molecule has 2 atom stereocenters. The Labute approximate surface area is 173 Å². The van der Waals surface area contributed by atoms with E-state index in [4.69, 9.17) is 0 Å². The number of carbonyl (C=O) groups is 1. The van der Waals surface area contributed by atoms with Crippen molar-refractivity contribution < 1.29 is 4.79 Å². The molecule has 0 spiro atoms. The van der Waals surface area contributed by atoms with Gasteiger partial charge in [-0.2, -0.15) is 5.10 Å². The number of likely N-dealkylation sites (tertiary alicyclic amines) is 1. The number of aryl methyl sites for hydroxylation is 3. The summed E-state index contributed by atoms with van der Waals surface area (Å²) in [7, 11) is 0. The van der Waals surface area contributed by atoms with Crippen molar-refractivity contribution in [1.29, 1.82) is 0 Å². The molecule has 8 nitrogen and oxygen atoms in total. The third kappa shape index (κ3) is 3.19. The van der Waals surface area contributed by atoms with Gasteiger partial charge in [0.25, 0.3) is 5.91 Å². The average molecular weight is 410 g/mol. The minimum Gasteiger partial charge on any atom is -0.356 e. The van der Waals surface area contributed by atoms with Gasteiger partial charge in [-0.15, -0.1) is 11.3 Å². The van der Waals surface area contributed by atoms with Gasteiger partial charge in [-0.3, -0.25) is 4.79 Å². The second-order valence-corrected chi connectivity index (χ2v) is 8.83. The van der Waals surface area contributed by atoms with E-state index in [1.165, 1.54) is 11.3 Å². The highest BCUT2D eigenvalue weighted by atomic mass is 32.1. The van der Waals surface area contributed by atoms with E-state index in [0.29, 0.717) is 11.8 Å². The summed E-state index contributed by atoms with van der Waals surface area (Å²) in [5, 5.41) is 4.53. The molecule has 0 N–H and O–H groups in total. The van der Waals surface area contributed by atoms with Crippen LogP contribution in [0.25, 0.3) is 5.82 Å². The average Bonchev–Trinajstić information content (AvgIpc) is 3.44. The van der Waals surface area contributed by atoms with Gasteiger partial charge in [-0.25, -0.2) is 19.6 Å². The molecule has 5 heterocycles. The van der Waals surface area contributed by atoms with E-state index >= 15 is 0 Å². The van der Waals surface area contributed by atoms with Crippen LogP contribution >= 0.6 is 11.3 Å². The molecule has 3 aromatic rings. The van der Waals surface area contributed by atoms with E-state index in [0.717, 1.165) is 59.8 Å². The molecule has 3 aromatic heterocycles. The number of nitrogens with zero attached hydrogens (tertiary/aromatic N) is 7.